The topological polar surface area (TPSA) is 106 Å². The van der Waals surface area contributed by atoms with Crippen LogP contribution in [0.3, 0.4) is 0 Å². The van der Waals surface area contributed by atoms with Crippen LogP contribution in [0, 0.1) is 0 Å². The number of halogens is 1. The maximum Gasteiger partial charge on any atom is 0.272 e. The first-order valence-corrected chi connectivity index (χ1v) is 8.23. The highest BCUT2D eigenvalue weighted by atomic mass is 35.5. The van der Waals surface area contributed by atoms with Crippen LogP contribution in [-0.2, 0) is 15.8 Å². The number of benzene rings is 2. The van der Waals surface area contributed by atoms with Crippen molar-refractivity contribution in [3.8, 4) is 11.3 Å². The average molecular weight is 352 g/mol. The Morgan fingerprint density at radius 1 is 1.00 bits per heavy atom. The van der Waals surface area contributed by atoms with Gasteiger partial charge < -0.3 is 0 Å². The number of fused-ring (bicyclic) bond motifs is 1. The van der Waals surface area contributed by atoms with Crippen molar-refractivity contribution < 1.29 is 8.42 Å². The lowest BCUT2D eigenvalue weighted by Crippen LogP contribution is -2.14. The average Bonchev–Trinajstić information content (AvgIpc) is 2.48. The standard InChI is InChI=1S/C15H13N3O3S.ClH/c16-22(20,21)9-10-5-7-11(8-6-10)14-12-3-1-2-4-13(12)15(19)18-17-14;/h1-8H,9H2,(H,18,19)(H2,16,20,21);1H. The number of hydrogen-bond donors (Lipinski definition) is 2. The summed E-state index contributed by atoms with van der Waals surface area (Å²) in [6.45, 7) is 0. The molecule has 0 fully saturated rings. The summed E-state index contributed by atoms with van der Waals surface area (Å²) in [4.78, 5) is 11.8. The van der Waals surface area contributed by atoms with Crippen LogP contribution < -0.4 is 10.7 Å². The molecule has 1 aromatic heterocycles. The molecule has 0 saturated heterocycles. The van der Waals surface area contributed by atoms with Crippen molar-refractivity contribution in [2.45, 2.75) is 5.75 Å². The number of aromatic nitrogens is 2. The summed E-state index contributed by atoms with van der Waals surface area (Å²) in [6, 6.07) is 14.1. The SMILES string of the molecule is Cl.NS(=O)(=O)Cc1ccc(-c2n[nH]c(=O)c3ccccc23)cc1. The van der Waals surface area contributed by atoms with Crippen molar-refractivity contribution >= 4 is 33.2 Å². The minimum absolute atomic E-state index is 0. The number of rotatable bonds is 3. The number of nitrogens with two attached hydrogens (primary N) is 1. The van der Waals surface area contributed by atoms with Crippen molar-refractivity contribution in [3.05, 3.63) is 64.4 Å². The maximum absolute atomic E-state index is 11.8. The number of hydrogen-bond acceptors (Lipinski definition) is 4. The molecule has 3 N–H and O–H groups in total. The van der Waals surface area contributed by atoms with E-state index < -0.39 is 10.0 Å². The van der Waals surface area contributed by atoms with E-state index in [4.69, 9.17) is 5.14 Å². The lowest BCUT2D eigenvalue weighted by molar-refractivity contribution is 0.597. The molecule has 0 bridgehead atoms. The highest BCUT2D eigenvalue weighted by Gasteiger charge is 2.09. The van der Waals surface area contributed by atoms with E-state index in [2.05, 4.69) is 10.2 Å². The number of H-pyrrole nitrogens is 1. The summed E-state index contributed by atoms with van der Waals surface area (Å²) in [7, 11) is -3.56. The van der Waals surface area contributed by atoms with Crippen LogP contribution in [0.5, 0.6) is 0 Å². The second kappa shape index (κ2) is 6.49. The normalized spacial score (nSPS) is 11.2. The van der Waals surface area contributed by atoms with E-state index in [9.17, 15) is 13.2 Å². The molecule has 1 heterocycles. The molecule has 0 saturated carbocycles. The zero-order chi connectivity index (χ0) is 15.7. The second-order valence-electron chi connectivity index (χ2n) is 4.95. The second-order valence-corrected chi connectivity index (χ2v) is 6.57. The van der Waals surface area contributed by atoms with Crippen molar-refractivity contribution in [3.63, 3.8) is 0 Å². The zero-order valence-corrected chi connectivity index (χ0v) is 13.5. The van der Waals surface area contributed by atoms with Crippen molar-refractivity contribution in [2.75, 3.05) is 0 Å². The summed E-state index contributed by atoms with van der Waals surface area (Å²) >= 11 is 0. The Hall–Kier alpha value is -2.22. The molecule has 3 rings (SSSR count). The molecule has 120 valence electrons. The van der Waals surface area contributed by atoms with Gasteiger partial charge in [0.05, 0.1) is 16.8 Å². The van der Waals surface area contributed by atoms with Crippen molar-refractivity contribution in [1.29, 1.82) is 0 Å². The largest absolute Gasteiger partial charge is 0.272 e. The van der Waals surface area contributed by atoms with Gasteiger partial charge in [-0.3, -0.25) is 4.79 Å². The van der Waals surface area contributed by atoms with Crippen LogP contribution in [0.25, 0.3) is 22.0 Å². The van der Waals surface area contributed by atoms with E-state index in [1.165, 1.54) is 0 Å². The molecule has 0 aliphatic heterocycles. The summed E-state index contributed by atoms with van der Waals surface area (Å²) < 4.78 is 22.2. The van der Waals surface area contributed by atoms with Crippen molar-refractivity contribution in [2.24, 2.45) is 5.14 Å². The van der Waals surface area contributed by atoms with Gasteiger partial charge in [0, 0.05) is 10.9 Å². The Bertz CT molecular complexity index is 998. The fraction of sp³-hybridized carbons (Fsp3) is 0.0667. The molecule has 0 aliphatic rings. The predicted molar refractivity (Wildman–Crippen MR) is 91.9 cm³/mol. The quantitative estimate of drug-likeness (QED) is 0.750. The van der Waals surface area contributed by atoms with E-state index in [1.54, 1.807) is 36.4 Å². The molecule has 0 amide bonds. The van der Waals surface area contributed by atoms with E-state index in [-0.39, 0.29) is 23.7 Å². The van der Waals surface area contributed by atoms with Crippen LogP contribution in [-0.4, -0.2) is 18.6 Å². The van der Waals surface area contributed by atoms with Gasteiger partial charge in [0.15, 0.2) is 0 Å². The number of nitrogens with one attached hydrogen (secondary N) is 1. The van der Waals surface area contributed by atoms with E-state index in [1.807, 2.05) is 12.1 Å². The smallest absolute Gasteiger partial charge is 0.267 e. The number of primary sulfonamides is 1. The predicted octanol–water partition coefficient (Wildman–Crippen LogP) is 1.80. The van der Waals surface area contributed by atoms with Gasteiger partial charge >= 0.3 is 0 Å². The molecule has 0 atom stereocenters. The van der Waals surface area contributed by atoms with Crippen LogP contribution in [0.2, 0.25) is 0 Å². The Balaban J connectivity index is 0.00000192. The fourth-order valence-corrected chi connectivity index (χ4v) is 2.98. The lowest BCUT2D eigenvalue weighted by atomic mass is 10.0. The van der Waals surface area contributed by atoms with Crippen LogP contribution in [0.15, 0.2) is 53.3 Å². The van der Waals surface area contributed by atoms with Crippen LogP contribution in [0.4, 0.5) is 0 Å². The molecular formula is C15H14ClN3O3S. The van der Waals surface area contributed by atoms with Gasteiger partial charge in [-0.25, -0.2) is 18.7 Å². The first-order chi connectivity index (χ1) is 10.4. The van der Waals surface area contributed by atoms with Gasteiger partial charge in [-0.2, -0.15) is 5.10 Å². The molecule has 0 spiro atoms. The summed E-state index contributed by atoms with van der Waals surface area (Å²) in [6.07, 6.45) is 0. The highest BCUT2D eigenvalue weighted by molar-refractivity contribution is 7.88. The fourth-order valence-electron chi connectivity index (χ4n) is 2.33. The molecule has 6 nitrogen and oxygen atoms in total. The molecule has 0 radical (unpaired) electrons. The van der Waals surface area contributed by atoms with Crippen molar-refractivity contribution in [1.82, 2.24) is 10.2 Å². The van der Waals surface area contributed by atoms with Gasteiger partial charge in [-0.05, 0) is 11.6 Å². The first-order valence-electron chi connectivity index (χ1n) is 6.51. The molecular weight excluding hydrogens is 338 g/mol. The summed E-state index contributed by atoms with van der Waals surface area (Å²) in [5, 5.41) is 12.9. The van der Waals surface area contributed by atoms with Gasteiger partial charge in [0.1, 0.15) is 0 Å². The lowest BCUT2D eigenvalue weighted by Gasteiger charge is -2.06. The van der Waals surface area contributed by atoms with Gasteiger partial charge in [-0.15, -0.1) is 12.4 Å². The minimum Gasteiger partial charge on any atom is -0.267 e. The number of nitrogens with zero attached hydrogens (tertiary/aromatic N) is 1. The van der Waals surface area contributed by atoms with Gasteiger partial charge in [0.25, 0.3) is 5.56 Å². The van der Waals surface area contributed by atoms with Gasteiger partial charge in [-0.1, -0.05) is 42.5 Å². The molecule has 2 aromatic carbocycles. The number of sulfonamides is 1. The third-order valence-corrected chi connectivity index (χ3v) is 4.03. The Labute approximate surface area is 138 Å². The molecule has 0 unspecified atom stereocenters. The van der Waals surface area contributed by atoms with E-state index in [0.717, 1.165) is 10.9 Å². The third-order valence-electron chi connectivity index (χ3n) is 3.29. The zero-order valence-electron chi connectivity index (χ0n) is 11.9. The van der Waals surface area contributed by atoms with Crippen LogP contribution >= 0.6 is 12.4 Å². The third kappa shape index (κ3) is 3.76. The monoisotopic (exact) mass is 351 g/mol. The van der Waals surface area contributed by atoms with Crippen LogP contribution in [0.1, 0.15) is 5.56 Å². The summed E-state index contributed by atoms with van der Waals surface area (Å²) in [5.74, 6) is -0.215. The van der Waals surface area contributed by atoms with E-state index in [0.29, 0.717) is 16.6 Å². The Morgan fingerprint density at radius 2 is 1.61 bits per heavy atom. The maximum atomic E-state index is 11.8. The van der Waals surface area contributed by atoms with E-state index >= 15 is 0 Å². The molecule has 3 aromatic rings. The molecule has 0 aliphatic carbocycles. The van der Waals surface area contributed by atoms with Gasteiger partial charge in [0.2, 0.25) is 10.0 Å². The summed E-state index contributed by atoms with van der Waals surface area (Å²) in [5.41, 5.74) is 1.77. The highest BCUT2D eigenvalue weighted by Crippen LogP contribution is 2.24. The molecule has 8 heteroatoms. The minimum atomic E-state index is -3.56. The Kier molecular flexibility index (Phi) is 4.84. The Morgan fingerprint density at radius 3 is 2.22 bits per heavy atom. The number of aromatic amines is 1. The first kappa shape index (κ1) is 17.1. The molecule has 23 heavy (non-hydrogen) atoms.